The molecule has 7 heteroatoms. The molecule has 2 aromatic heterocycles. The van der Waals surface area contributed by atoms with Gasteiger partial charge in [0.15, 0.2) is 0 Å². The molecule has 0 bridgehead atoms. The number of aromatic nitrogens is 2. The summed E-state index contributed by atoms with van der Waals surface area (Å²) in [4.78, 5) is 13.4. The zero-order chi connectivity index (χ0) is 16.8. The van der Waals surface area contributed by atoms with Crippen LogP contribution >= 0.6 is 23.1 Å². The van der Waals surface area contributed by atoms with Crippen molar-refractivity contribution in [1.29, 1.82) is 0 Å². The van der Waals surface area contributed by atoms with Crippen molar-refractivity contribution < 1.29 is 9.53 Å². The van der Waals surface area contributed by atoms with Crippen LogP contribution in [0.15, 0.2) is 41.8 Å². The Bertz CT molecular complexity index is 783. The molecule has 0 aliphatic heterocycles. The van der Waals surface area contributed by atoms with Crippen molar-refractivity contribution in [3.05, 3.63) is 63.6 Å². The molecule has 0 spiro atoms. The lowest BCUT2D eigenvalue weighted by atomic mass is 10.2. The number of carbonyl (C=O) groups is 1. The smallest absolute Gasteiger partial charge is 0.251 e. The van der Waals surface area contributed by atoms with E-state index in [9.17, 15) is 4.79 Å². The number of ether oxygens (including phenoxy) is 1. The Morgan fingerprint density at radius 2 is 2.04 bits per heavy atom. The van der Waals surface area contributed by atoms with Crippen LogP contribution in [-0.2, 0) is 13.0 Å². The van der Waals surface area contributed by atoms with Gasteiger partial charge in [-0.3, -0.25) is 4.79 Å². The van der Waals surface area contributed by atoms with Gasteiger partial charge in [0, 0.05) is 17.0 Å². The van der Waals surface area contributed by atoms with E-state index in [2.05, 4.69) is 20.1 Å². The molecule has 0 radical (unpaired) electrons. The minimum atomic E-state index is -0.0716. The van der Waals surface area contributed by atoms with E-state index >= 15 is 0 Å². The quantitative estimate of drug-likeness (QED) is 0.702. The molecule has 0 unspecified atom stereocenters. The Hall–Kier alpha value is -2.25. The van der Waals surface area contributed by atoms with Gasteiger partial charge in [0.2, 0.25) is 0 Å². The van der Waals surface area contributed by atoms with Gasteiger partial charge in [0.05, 0.1) is 17.4 Å². The van der Waals surface area contributed by atoms with Crippen molar-refractivity contribution >= 4 is 29.0 Å². The molecule has 0 aliphatic carbocycles. The summed E-state index contributed by atoms with van der Waals surface area (Å²) in [5.41, 5.74) is 2.36. The number of nitrogens with zero attached hydrogens (tertiary/aromatic N) is 2. The van der Waals surface area contributed by atoms with Gasteiger partial charge in [-0.05, 0) is 49.1 Å². The Morgan fingerprint density at radius 3 is 2.71 bits per heavy atom. The van der Waals surface area contributed by atoms with Crippen molar-refractivity contribution in [2.75, 3.05) is 6.54 Å². The SMILES string of the molecule is Cc1nsnc1COc1ccc(C(=O)NCCc2cccs2)cc1. The maximum Gasteiger partial charge on any atom is 0.251 e. The zero-order valence-electron chi connectivity index (χ0n) is 13.2. The topological polar surface area (TPSA) is 64.1 Å². The molecule has 0 aliphatic rings. The number of aryl methyl sites for hydroxylation is 1. The third kappa shape index (κ3) is 4.39. The van der Waals surface area contributed by atoms with Gasteiger partial charge in [-0.15, -0.1) is 11.3 Å². The highest BCUT2D eigenvalue weighted by molar-refractivity contribution is 7.09. The fraction of sp³-hybridized carbons (Fsp3) is 0.235. The van der Waals surface area contributed by atoms with E-state index in [1.165, 1.54) is 16.6 Å². The van der Waals surface area contributed by atoms with Gasteiger partial charge in [-0.2, -0.15) is 8.75 Å². The fourth-order valence-corrected chi connectivity index (χ4v) is 3.35. The van der Waals surface area contributed by atoms with Gasteiger partial charge in [0.1, 0.15) is 18.1 Å². The van der Waals surface area contributed by atoms with E-state index in [1.807, 2.05) is 18.4 Å². The van der Waals surface area contributed by atoms with Crippen LogP contribution in [-0.4, -0.2) is 21.2 Å². The second kappa shape index (κ2) is 8.03. The van der Waals surface area contributed by atoms with Crippen molar-refractivity contribution in [3.63, 3.8) is 0 Å². The Morgan fingerprint density at radius 1 is 1.21 bits per heavy atom. The number of benzene rings is 1. The highest BCUT2D eigenvalue weighted by atomic mass is 32.1. The average molecular weight is 359 g/mol. The van der Waals surface area contributed by atoms with Gasteiger partial charge in [-0.1, -0.05) is 6.07 Å². The van der Waals surface area contributed by atoms with Gasteiger partial charge in [0.25, 0.3) is 5.91 Å². The fourth-order valence-electron chi connectivity index (χ4n) is 2.09. The van der Waals surface area contributed by atoms with Crippen LogP contribution in [0, 0.1) is 6.92 Å². The number of amides is 1. The van der Waals surface area contributed by atoms with Crippen molar-refractivity contribution in [2.24, 2.45) is 0 Å². The molecule has 0 saturated carbocycles. The highest BCUT2D eigenvalue weighted by Gasteiger charge is 2.07. The predicted molar refractivity (Wildman–Crippen MR) is 95.8 cm³/mol. The molecule has 5 nitrogen and oxygen atoms in total. The largest absolute Gasteiger partial charge is 0.487 e. The molecule has 3 aromatic rings. The molecule has 1 amide bonds. The minimum Gasteiger partial charge on any atom is -0.487 e. The number of hydrogen-bond acceptors (Lipinski definition) is 6. The van der Waals surface area contributed by atoms with Gasteiger partial charge < -0.3 is 10.1 Å². The first kappa shape index (κ1) is 16.6. The molecule has 0 saturated heterocycles. The second-order valence-corrected chi connectivity index (χ2v) is 6.76. The van der Waals surface area contributed by atoms with E-state index in [1.54, 1.807) is 35.6 Å². The summed E-state index contributed by atoms with van der Waals surface area (Å²) in [6, 6.07) is 11.2. The Labute approximate surface area is 148 Å². The maximum atomic E-state index is 12.1. The van der Waals surface area contributed by atoms with E-state index in [4.69, 9.17) is 4.74 Å². The van der Waals surface area contributed by atoms with Crippen LogP contribution in [0.4, 0.5) is 0 Å². The summed E-state index contributed by atoms with van der Waals surface area (Å²) in [5.74, 6) is 0.634. The van der Waals surface area contributed by atoms with E-state index in [0.717, 1.165) is 17.8 Å². The summed E-state index contributed by atoms with van der Waals surface area (Å²) in [7, 11) is 0. The van der Waals surface area contributed by atoms with Crippen LogP contribution in [0.1, 0.15) is 26.6 Å². The van der Waals surface area contributed by atoms with Crippen molar-refractivity contribution in [1.82, 2.24) is 14.1 Å². The van der Waals surface area contributed by atoms with Crippen LogP contribution in [0.25, 0.3) is 0 Å². The number of rotatable bonds is 7. The van der Waals surface area contributed by atoms with Crippen LogP contribution < -0.4 is 10.1 Å². The molecule has 3 rings (SSSR count). The minimum absolute atomic E-state index is 0.0716. The summed E-state index contributed by atoms with van der Waals surface area (Å²) in [6.45, 7) is 2.92. The standard InChI is InChI=1S/C17H17N3O2S2/c1-12-16(20-24-19-12)11-22-14-6-4-13(5-7-14)17(21)18-9-8-15-3-2-10-23-15/h2-7,10H,8-9,11H2,1H3,(H,18,21). The van der Waals surface area contributed by atoms with E-state index in [0.29, 0.717) is 24.5 Å². The predicted octanol–water partition coefficient (Wildman–Crippen LogP) is 3.46. The van der Waals surface area contributed by atoms with E-state index in [-0.39, 0.29) is 5.91 Å². The first-order valence-corrected chi connectivity index (χ1v) is 9.15. The number of hydrogen-bond donors (Lipinski definition) is 1. The normalized spacial score (nSPS) is 10.5. The number of nitrogens with one attached hydrogen (secondary N) is 1. The van der Waals surface area contributed by atoms with Crippen LogP contribution in [0.2, 0.25) is 0 Å². The summed E-state index contributed by atoms with van der Waals surface area (Å²) in [5, 5.41) is 4.97. The second-order valence-electron chi connectivity index (χ2n) is 5.19. The third-order valence-electron chi connectivity index (χ3n) is 3.48. The van der Waals surface area contributed by atoms with Crippen molar-refractivity contribution in [3.8, 4) is 5.75 Å². The van der Waals surface area contributed by atoms with Crippen LogP contribution in [0.5, 0.6) is 5.75 Å². The van der Waals surface area contributed by atoms with Crippen LogP contribution in [0.3, 0.4) is 0 Å². The molecule has 1 aromatic carbocycles. The van der Waals surface area contributed by atoms with E-state index < -0.39 is 0 Å². The zero-order valence-corrected chi connectivity index (χ0v) is 14.8. The lowest BCUT2D eigenvalue weighted by Crippen LogP contribution is -2.25. The lowest BCUT2D eigenvalue weighted by Gasteiger charge is -2.07. The van der Waals surface area contributed by atoms with Gasteiger partial charge in [-0.25, -0.2) is 0 Å². The highest BCUT2D eigenvalue weighted by Crippen LogP contribution is 2.15. The van der Waals surface area contributed by atoms with Crippen molar-refractivity contribution in [2.45, 2.75) is 20.0 Å². The molecular formula is C17H17N3O2S2. The molecule has 0 fully saturated rings. The van der Waals surface area contributed by atoms with Gasteiger partial charge >= 0.3 is 0 Å². The summed E-state index contributed by atoms with van der Waals surface area (Å²) in [6.07, 6.45) is 0.853. The Kier molecular flexibility index (Phi) is 5.55. The first-order valence-electron chi connectivity index (χ1n) is 7.54. The average Bonchev–Trinajstić information content (AvgIpc) is 3.25. The molecule has 24 heavy (non-hydrogen) atoms. The maximum absolute atomic E-state index is 12.1. The lowest BCUT2D eigenvalue weighted by molar-refractivity contribution is 0.0954. The molecule has 124 valence electrons. The number of carbonyl (C=O) groups excluding carboxylic acids is 1. The summed E-state index contributed by atoms with van der Waals surface area (Å²) >= 11 is 2.88. The Balaban J connectivity index is 1.48. The monoisotopic (exact) mass is 359 g/mol. The molecular weight excluding hydrogens is 342 g/mol. The molecule has 2 heterocycles. The summed E-state index contributed by atoms with van der Waals surface area (Å²) < 4.78 is 14.0. The molecule has 0 atom stereocenters. The first-order chi connectivity index (χ1) is 11.7. The third-order valence-corrected chi connectivity index (χ3v) is 5.07. The number of thiophene rings is 1. The molecule has 1 N–H and O–H groups in total.